The Bertz CT molecular complexity index is 857. The minimum absolute atomic E-state index is 0.0304. The van der Waals surface area contributed by atoms with Crippen molar-refractivity contribution >= 4 is 11.6 Å². The number of carbonyl (C=O) groups excluding carboxylic acids is 1. The molecule has 1 N–H and O–H groups in total. The van der Waals surface area contributed by atoms with Gasteiger partial charge < -0.3 is 10.2 Å². The first-order valence-corrected chi connectivity index (χ1v) is 11.1. The first-order chi connectivity index (χ1) is 14.1. The normalized spacial score (nSPS) is 18.2. The minimum atomic E-state index is 0.0304. The van der Waals surface area contributed by atoms with Gasteiger partial charge in [-0.05, 0) is 74.5 Å². The van der Waals surface area contributed by atoms with Crippen LogP contribution in [0.25, 0.3) is 0 Å². The fraction of sp³-hybridized carbons (Fsp3) is 0.480. The predicted molar refractivity (Wildman–Crippen MR) is 120 cm³/mol. The number of rotatable bonds is 5. The van der Waals surface area contributed by atoms with Crippen LogP contribution >= 0.6 is 0 Å². The van der Waals surface area contributed by atoms with E-state index < -0.39 is 0 Å². The van der Waals surface area contributed by atoms with Crippen molar-refractivity contribution in [1.82, 2.24) is 10.2 Å². The number of anilines is 1. The summed E-state index contributed by atoms with van der Waals surface area (Å²) in [6.45, 7) is 6.01. The molecular formula is C25H33N3O. The molecule has 1 saturated heterocycles. The van der Waals surface area contributed by atoms with E-state index in [-0.39, 0.29) is 11.9 Å². The lowest BCUT2D eigenvalue weighted by molar-refractivity contribution is 0.0924. The van der Waals surface area contributed by atoms with Gasteiger partial charge in [0.05, 0.1) is 6.04 Å². The quantitative estimate of drug-likeness (QED) is 0.824. The summed E-state index contributed by atoms with van der Waals surface area (Å²) in [5.41, 5.74) is 5.95. The SMILES string of the molecule is Cc1ccccc1C(=O)NCC(c1ccc2c(c1)CCCN2C)N1CCCCC1. The standard InChI is InChI=1S/C25H33N3O/c1-19-9-4-5-11-22(19)25(29)26-18-24(28-15-6-3-7-16-28)21-12-13-23-20(17-21)10-8-14-27(23)2/h4-5,9,11-13,17,24H,3,6-8,10,14-16,18H2,1-2H3,(H,26,29). The summed E-state index contributed by atoms with van der Waals surface area (Å²) in [7, 11) is 2.18. The van der Waals surface area contributed by atoms with Crippen LogP contribution in [0.15, 0.2) is 42.5 Å². The highest BCUT2D eigenvalue weighted by atomic mass is 16.1. The lowest BCUT2D eigenvalue weighted by Gasteiger charge is -2.36. The zero-order valence-electron chi connectivity index (χ0n) is 17.8. The number of carbonyl (C=O) groups is 1. The number of fused-ring (bicyclic) bond motifs is 1. The zero-order valence-corrected chi connectivity index (χ0v) is 17.8. The number of nitrogens with one attached hydrogen (secondary N) is 1. The molecule has 1 unspecified atom stereocenters. The van der Waals surface area contributed by atoms with E-state index >= 15 is 0 Å². The molecule has 2 aliphatic rings. The fourth-order valence-corrected chi connectivity index (χ4v) is 4.81. The number of amides is 1. The molecule has 29 heavy (non-hydrogen) atoms. The van der Waals surface area contributed by atoms with Crippen LogP contribution in [0.4, 0.5) is 5.69 Å². The first kappa shape index (κ1) is 20.0. The van der Waals surface area contributed by atoms with Gasteiger partial charge in [-0.25, -0.2) is 0 Å². The molecule has 0 aliphatic carbocycles. The predicted octanol–water partition coefficient (Wildman–Crippen LogP) is 4.33. The van der Waals surface area contributed by atoms with Crippen molar-refractivity contribution in [3.05, 3.63) is 64.7 Å². The molecule has 1 atom stereocenters. The van der Waals surface area contributed by atoms with Gasteiger partial charge in [-0.15, -0.1) is 0 Å². The Balaban J connectivity index is 1.55. The van der Waals surface area contributed by atoms with Gasteiger partial charge in [-0.2, -0.15) is 0 Å². The number of piperidine rings is 1. The van der Waals surface area contributed by atoms with Gasteiger partial charge in [0.2, 0.25) is 0 Å². The first-order valence-electron chi connectivity index (χ1n) is 11.1. The monoisotopic (exact) mass is 391 g/mol. The Kier molecular flexibility index (Phi) is 6.19. The van der Waals surface area contributed by atoms with Crippen LogP contribution in [0.2, 0.25) is 0 Å². The topological polar surface area (TPSA) is 35.6 Å². The van der Waals surface area contributed by atoms with Crippen molar-refractivity contribution in [1.29, 1.82) is 0 Å². The highest BCUT2D eigenvalue weighted by Gasteiger charge is 2.25. The Morgan fingerprint density at radius 2 is 1.83 bits per heavy atom. The summed E-state index contributed by atoms with van der Waals surface area (Å²) in [5.74, 6) is 0.0304. The zero-order chi connectivity index (χ0) is 20.2. The van der Waals surface area contributed by atoms with Crippen molar-refractivity contribution in [3.63, 3.8) is 0 Å². The molecule has 2 aliphatic heterocycles. The van der Waals surface area contributed by atoms with Crippen LogP contribution < -0.4 is 10.2 Å². The second-order valence-corrected chi connectivity index (χ2v) is 8.55. The summed E-state index contributed by atoms with van der Waals surface area (Å²) in [5, 5.41) is 3.23. The molecule has 2 heterocycles. The molecule has 4 rings (SSSR count). The van der Waals surface area contributed by atoms with Crippen LogP contribution in [0.1, 0.15) is 58.8 Å². The maximum absolute atomic E-state index is 12.8. The summed E-state index contributed by atoms with van der Waals surface area (Å²) >= 11 is 0. The largest absolute Gasteiger partial charge is 0.374 e. The van der Waals surface area contributed by atoms with Crippen LogP contribution in [0.5, 0.6) is 0 Å². The van der Waals surface area contributed by atoms with Crippen molar-refractivity contribution in [2.24, 2.45) is 0 Å². The highest BCUT2D eigenvalue weighted by molar-refractivity contribution is 5.95. The average Bonchev–Trinajstić information content (AvgIpc) is 2.75. The van der Waals surface area contributed by atoms with Gasteiger partial charge in [0, 0.05) is 31.4 Å². The Morgan fingerprint density at radius 1 is 1.03 bits per heavy atom. The van der Waals surface area contributed by atoms with E-state index in [1.165, 1.54) is 42.5 Å². The molecule has 154 valence electrons. The van der Waals surface area contributed by atoms with Gasteiger partial charge in [-0.3, -0.25) is 9.69 Å². The van der Waals surface area contributed by atoms with Crippen molar-refractivity contribution in [3.8, 4) is 0 Å². The third kappa shape index (κ3) is 4.48. The van der Waals surface area contributed by atoms with Gasteiger partial charge in [0.1, 0.15) is 0 Å². The molecule has 4 heteroatoms. The molecule has 2 aromatic carbocycles. The molecule has 0 spiro atoms. The van der Waals surface area contributed by atoms with E-state index in [4.69, 9.17) is 0 Å². The Labute approximate surface area is 174 Å². The van der Waals surface area contributed by atoms with Crippen molar-refractivity contribution < 1.29 is 4.79 Å². The third-order valence-corrected chi connectivity index (χ3v) is 6.52. The van der Waals surface area contributed by atoms with Crippen LogP contribution in [0, 0.1) is 6.92 Å². The number of benzene rings is 2. The van der Waals surface area contributed by atoms with E-state index in [0.717, 1.165) is 37.2 Å². The smallest absolute Gasteiger partial charge is 0.251 e. The molecule has 4 nitrogen and oxygen atoms in total. The van der Waals surface area contributed by atoms with E-state index in [1.54, 1.807) is 0 Å². The van der Waals surface area contributed by atoms with E-state index in [0.29, 0.717) is 6.54 Å². The second kappa shape index (κ2) is 9.00. The van der Waals surface area contributed by atoms with Gasteiger partial charge >= 0.3 is 0 Å². The molecule has 0 saturated carbocycles. The van der Waals surface area contributed by atoms with E-state index in [1.807, 2.05) is 31.2 Å². The molecule has 2 aromatic rings. The van der Waals surface area contributed by atoms with Gasteiger partial charge in [0.15, 0.2) is 0 Å². The Hall–Kier alpha value is -2.33. The van der Waals surface area contributed by atoms with E-state index in [2.05, 4.69) is 40.4 Å². The van der Waals surface area contributed by atoms with Crippen LogP contribution in [0.3, 0.4) is 0 Å². The van der Waals surface area contributed by atoms with Gasteiger partial charge in [-0.1, -0.05) is 36.8 Å². The van der Waals surface area contributed by atoms with Crippen LogP contribution in [-0.4, -0.2) is 44.0 Å². The molecule has 0 aromatic heterocycles. The summed E-state index contributed by atoms with van der Waals surface area (Å²) in [6, 6.07) is 15.0. The number of likely N-dealkylation sites (tertiary alicyclic amines) is 1. The fourth-order valence-electron chi connectivity index (χ4n) is 4.81. The minimum Gasteiger partial charge on any atom is -0.374 e. The summed E-state index contributed by atoms with van der Waals surface area (Å²) < 4.78 is 0. The highest BCUT2D eigenvalue weighted by Crippen LogP contribution is 2.31. The molecule has 1 fully saturated rings. The number of hydrogen-bond donors (Lipinski definition) is 1. The number of hydrogen-bond acceptors (Lipinski definition) is 3. The summed E-state index contributed by atoms with van der Waals surface area (Å²) in [6.07, 6.45) is 6.17. The second-order valence-electron chi connectivity index (χ2n) is 8.55. The van der Waals surface area contributed by atoms with Crippen molar-refractivity contribution in [2.45, 2.75) is 45.1 Å². The summed E-state index contributed by atoms with van der Waals surface area (Å²) in [4.78, 5) is 17.7. The molecule has 0 radical (unpaired) electrons. The number of nitrogens with zero attached hydrogens (tertiary/aromatic N) is 2. The molecular weight excluding hydrogens is 358 g/mol. The van der Waals surface area contributed by atoms with Crippen LogP contribution in [-0.2, 0) is 6.42 Å². The Morgan fingerprint density at radius 3 is 2.62 bits per heavy atom. The van der Waals surface area contributed by atoms with Crippen molar-refractivity contribution in [2.75, 3.05) is 38.1 Å². The van der Waals surface area contributed by atoms with E-state index in [9.17, 15) is 4.79 Å². The molecule has 0 bridgehead atoms. The number of aryl methyl sites for hydroxylation is 2. The lowest BCUT2D eigenvalue weighted by atomic mass is 9.95. The lowest BCUT2D eigenvalue weighted by Crippen LogP contribution is -2.41. The van der Waals surface area contributed by atoms with Gasteiger partial charge in [0.25, 0.3) is 5.91 Å². The average molecular weight is 392 g/mol. The maximum atomic E-state index is 12.8. The maximum Gasteiger partial charge on any atom is 0.251 e. The molecule has 1 amide bonds. The third-order valence-electron chi connectivity index (χ3n) is 6.52.